The van der Waals surface area contributed by atoms with Crippen molar-refractivity contribution in [2.75, 3.05) is 11.4 Å². The third-order valence-corrected chi connectivity index (χ3v) is 3.35. The zero-order valence-corrected chi connectivity index (χ0v) is 10.8. The highest BCUT2D eigenvalue weighted by molar-refractivity contribution is 5.74. The third kappa shape index (κ3) is 3.77. The molecule has 0 aliphatic heterocycles. The minimum absolute atomic E-state index is 0.0511. The summed E-state index contributed by atoms with van der Waals surface area (Å²) in [5.74, 6) is -0.321. The molecule has 17 heavy (non-hydrogen) atoms. The van der Waals surface area contributed by atoms with Gasteiger partial charge in [0.1, 0.15) is 6.54 Å². The van der Waals surface area contributed by atoms with Gasteiger partial charge >= 0.3 is 5.97 Å². The minimum atomic E-state index is -0.788. The van der Waals surface area contributed by atoms with Crippen molar-refractivity contribution in [3.05, 3.63) is 30.3 Å². The van der Waals surface area contributed by atoms with Crippen LogP contribution in [0.1, 0.15) is 27.2 Å². The molecule has 0 spiro atoms. The highest BCUT2D eigenvalue weighted by Crippen LogP contribution is 2.21. The van der Waals surface area contributed by atoms with Crippen molar-refractivity contribution in [1.29, 1.82) is 0 Å². The quantitative estimate of drug-likeness (QED) is 0.824. The summed E-state index contributed by atoms with van der Waals surface area (Å²) in [6, 6.07) is 9.96. The highest BCUT2D eigenvalue weighted by atomic mass is 16.4. The summed E-state index contributed by atoms with van der Waals surface area (Å²) in [5, 5.41) is 9.01. The van der Waals surface area contributed by atoms with Crippen LogP contribution < -0.4 is 4.90 Å². The zero-order valence-electron chi connectivity index (χ0n) is 10.8. The first-order valence-corrected chi connectivity index (χ1v) is 6.09. The first-order valence-electron chi connectivity index (χ1n) is 6.09. The van der Waals surface area contributed by atoms with Crippen LogP contribution in [-0.4, -0.2) is 23.7 Å². The van der Waals surface area contributed by atoms with Crippen molar-refractivity contribution in [2.45, 2.75) is 33.2 Å². The lowest BCUT2D eigenvalue weighted by molar-refractivity contribution is -0.135. The number of carboxylic acids is 1. The Morgan fingerprint density at radius 3 is 2.35 bits per heavy atom. The molecule has 0 saturated carbocycles. The van der Waals surface area contributed by atoms with E-state index in [-0.39, 0.29) is 12.6 Å². The molecule has 0 bridgehead atoms. The number of benzene rings is 1. The van der Waals surface area contributed by atoms with Crippen LogP contribution in [0.15, 0.2) is 30.3 Å². The van der Waals surface area contributed by atoms with Gasteiger partial charge < -0.3 is 10.0 Å². The second kappa shape index (κ2) is 6.28. The summed E-state index contributed by atoms with van der Waals surface area (Å²) in [6.07, 6.45) is 1.05. The van der Waals surface area contributed by atoms with Crippen molar-refractivity contribution >= 4 is 11.7 Å². The molecule has 0 aromatic heterocycles. The predicted molar refractivity (Wildman–Crippen MR) is 70.3 cm³/mol. The minimum Gasteiger partial charge on any atom is -0.480 e. The Balaban J connectivity index is 2.91. The lowest BCUT2D eigenvalue weighted by Gasteiger charge is -2.33. The van der Waals surface area contributed by atoms with Gasteiger partial charge in [-0.25, -0.2) is 0 Å². The number of carboxylic acid groups (broad SMARTS) is 1. The van der Waals surface area contributed by atoms with Crippen LogP contribution in [-0.2, 0) is 4.79 Å². The number of aliphatic carboxylic acids is 1. The monoisotopic (exact) mass is 235 g/mol. The van der Waals surface area contributed by atoms with Gasteiger partial charge in [0, 0.05) is 11.7 Å². The number of anilines is 1. The fourth-order valence-electron chi connectivity index (χ4n) is 1.88. The molecular weight excluding hydrogens is 214 g/mol. The van der Waals surface area contributed by atoms with Crippen LogP contribution >= 0.6 is 0 Å². The van der Waals surface area contributed by atoms with Crippen LogP contribution in [0.5, 0.6) is 0 Å². The Hall–Kier alpha value is -1.51. The predicted octanol–water partition coefficient (Wildman–Crippen LogP) is 3.01. The van der Waals surface area contributed by atoms with E-state index in [0.29, 0.717) is 5.92 Å². The van der Waals surface area contributed by atoms with Crippen LogP contribution in [0.25, 0.3) is 0 Å². The van der Waals surface area contributed by atoms with Gasteiger partial charge in [-0.05, 0) is 25.0 Å². The lowest BCUT2D eigenvalue weighted by atomic mass is 9.98. The molecule has 1 aromatic carbocycles. The molecule has 2 unspecified atom stereocenters. The van der Waals surface area contributed by atoms with Crippen molar-refractivity contribution in [3.8, 4) is 0 Å². The fraction of sp³-hybridized carbons (Fsp3) is 0.500. The Kier molecular flexibility index (Phi) is 5.01. The van der Waals surface area contributed by atoms with Crippen molar-refractivity contribution < 1.29 is 9.90 Å². The molecule has 94 valence electrons. The van der Waals surface area contributed by atoms with Crippen LogP contribution in [0.3, 0.4) is 0 Å². The van der Waals surface area contributed by atoms with Crippen LogP contribution in [0.4, 0.5) is 5.69 Å². The molecule has 3 nitrogen and oxygen atoms in total. The van der Waals surface area contributed by atoms with E-state index in [9.17, 15) is 4.79 Å². The standard InChI is InChI=1S/C14H21NO2/c1-4-11(2)12(3)15(10-14(16)17)13-8-6-5-7-9-13/h5-9,11-12H,4,10H2,1-3H3,(H,16,17). The summed E-state index contributed by atoms with van der Waals surface area (Å²) < 4.78 is 0. The fourth-order valence-corrected chi connectivity index (χ4v) is 1.88. The number of hydrogen-bond acceptors (Lipinski definition) is 2. The van der Waals surface area contributed by atoms with E-state index in [4.69, 9.17) is 5.11 Å². The molecule has 3 heteroatoms. The van der Waals surface area contributed by atoms with E-state index in [1.165, 1.54) is 0 Å². The Labute approximate surface area is 103 Å². The zero-order chi connectivity index (χ0) is 12.8. The lowest BCUT2D eigenvalue weighted by Crippen LogP contribution is -2.41. The second-order valence-electron chi connectivity index (χ2n) is 4.48. The molecule has 0 aliphatic rings. The molecular formula is C14H21NO2. The topological polar surface area (TPSA) is 40.5 Å². The molecule has 1 rings (SSSR count). The average Bonchev–Trinajstić information content (AvgIpc) is 2.35. The van der Waals surface area contributed by atoms with Crippen molar-refractivity contribution in [3.63, 3.8) is 0 Å². The van der Waals surface area contributed by atoms with Crippen LogP contribution in [0.2, 0.25) is 0 Å². The molecule has 2 atom stereocenters. The Morgan fingerprint density at radius 1 is 1.29 bits per heavy atom. The van der Waals surface area contributed by atoms with Gasteiger partial charge in [-0.3, -0.25) is 4.79 Å². The van der Waals surface area contributed by atoms with Gasteiger partial charge in [-0.2, -0.15) is 0 Å². The number of para-hydroxylation sites is 1. The average molecular weight is 235 g/mol. The molecule has 0 aliphatic carbocycles. The molecule has 0 heterocycles. The van der Waals surface area contributed by atoms with Gasteiger partial charge in [0.05, 0.1) is 0 Å². The number of carbonyl (C=O) groups is 1. The summed E-state index contributed by atoms with van der Waals surface area (Å²) in [5.41, 5.74) is 0.975. The molecule has 1 N–H and O–H groups in total. The van der Waals surface area contributed by atoms with Crippen molar-refractivity contribution in [1.82, 2.24) is 0 Å². The van der Waals surface area contributed by atoms with Gasteiger partial charge in [-0.1, -0.05) is 38.5 Å². The first-order chi connectivity index (χ1) is 8.06. The molecule has 0 amide bonds. The molecule has 0 saturated heterocycles. The Morgan fingerprint density at radius 2 is 1.88 bits per heavy atom. The van der Waals surface area contributed by atoms with E-state index < -0.39 is 5.97 Å². The molecule has 1 aromatic rings. The Bertz CT molecular complexity index is 350. The van der Waals surface area contributed by atoms with E-state index in [1.807, 2.05) is 35.2 Å². The summed E-state index contributed by atoms with van der Waals surface area (Å²) in [4.78, 5) is 12.9. The van der Waals surface area contributed by atoms with Gasteiger partial charge in [0.15, 0.2) is 0 Å². The maximum absolute atomic E-state index is 11.0. The van der Waals surface area contributed by atoms with E-state index in [1.54, 1.807) is 0 Å². The van der Waals surface area contributed by atoms with Gasteiger partial charge in [0.25, 0.3) is 0 Å². The second-order valence-corrected chi connectivity index (χ2v) is 4.48. The van der Waals surface area contributed by atoms with Crippen molar-refractivity contribution in [2.24, 2.45) is 5.92 Å². The first kappa shape index (κ1) is 13.6. The third-order valence-electron chi connectivity index (χ3n) is 3.35. The van der Waals surface area contributed by atoms with Crippen LogP contribution in [0, 0.1) is 5.92 Å². The SMILES string of the molecule is CCC(C)C(C)N(CC(=O)O)c1ccccc1. The molecule has 0 radical (unpaired) electrons. The van der Waals surface area contributed by atoms with E-state index in [2.05, 4.69) is 20.8 Å². The maximum Gasteiger partial charge on any atom is 0.323 e. The number of hydrogen-bond donors (Lipinski definition) is 1. The van der Waals surface area contributed by atoms with E-state index >= 15 is 0 Å². The summed E-state index contributed by atoms with van der Waals surface area (Å²) in [6.45, 7) is 6.42. The van der Waals surface area contributed by atoms with E-state index in [0.717, 1.165) is 12.1 Å². The van der Waals surface area contributed by atoms with Gasteiger partial charge in [0.2, 0.25) is 0 Å². The normalized spacial score (nSPS) is 14.1. The largest absolute Gasteiger partial charge is 0.480 e. The summed E-state index contributed by atoms with van der Waals surface area (Å²) >= 11 is 0. The highest BCUT2D eigenvalue weighted by Gasteiger charge is 2.21. The smallest absolute Gasteiger partial charge is 0.323 e. The number of nitrogens with zero attached hydrogens (tertiary/aromatic N) is 1. The van der Waals surface area contributed by atoms with Gasteiger partial charge in [-0.15, -0.1) is 0 Å². The maximum atomic E-state index is 11.0. The molecule has 0 fully saturated rings. The number of rotatable bonds is 6. The summed E-state index contributed by atoms with van der Waals surface area (Å²) in [7, 11) is 0.